The summed E-state index contributed by atoms with van der Waals surface area (Å²) in [5, 5.41) is 6.08. The van der Waals surface area contributed by atoms with E-state index in [4.69, 9.17) is 4.74 Å². The first-order chi connectivity index (χ1) is 13.2. The summed E-state index contributed by atoms with van der Waals surface area (Å²) in [6.45, 7) is 4.77. The van der Waals surface area contributed by atoms with E-state index in [-0.39, 0.29) is 5.91 Å². The normalized spacial score (nSPS) is 15.4. The topological polar surface area (TPSA) is 66.0 Å². The highest BCUT2D eigenvalue weighted by atomic mass is 79.9. The van der Waals surface area contributed by atoms with Crippen LogP contribution in [0.3, 0.4) is 0 Å². The van der Waals surface area contributed by atoms with Crippen molar-refractivity contribution in [3.8, 4) is 0 Å². The van der Waals surface area contributed by atoms with Gasteiger partial charge in [0, 0.05) is 35.4 Å². The number of guanidine groups is 1. The van der Waals surface area contributed by atoms with Crippen molar-refractivity contribution in [2.45, 2.75) is 0 Å². The van der Waals surface area contributed by atoms with Gasteiger partial charge in [-0.15, -0.1) is 0 Å². The van der Waals surface area contributed by atoms with Gasteiger partial charge in [0.25, 0.3) is 5.91 Å². The number of amides is 1. The van der Waals surface area contributed by atoms with Crippen LogP contribution < -0.4 is 10.6 Å². The summed E-state index contributed by atoms with van der Waals surface area (Å²) in [6, 6.07) is 16.9. The quantitative estimate of drug-likeness (QED) is 0.565. The summed E-state index contributed by atoms with van der Waals surface area (Å²) in [5.74, 6) is 0.249. The van der Waals surface area contributed by atoms with Gasteiger partial charge in [-0.25, -0.2) is 0 Å². The lowest BCUT2D eigenvalue weighted by molar-refractivity contribution is 0.0394. The van der Waals surface area contributed by atoms with Crippen LogP contribution in [0.5, 0.6) is 0 Å². The molecule has 3 rings (SSSR count). The third-order valence-corrected chi connectivity index (χ3v) is 4.64. The average molecular weight is 431 g/mol. The van der Waals surface area contributed by atoms with Crippen molar-refractivity contribution in [2.24, 2.45) is 4.99 Å². The molecule has 1 fully saturated rings. The number of carbonyl (C=O) groups is 1. The van der Waals surface area contributed by atoms with Gasteiger partial charge in [0.2, 0.25) is 5.96 Å². The van der Waals surface area contributed by atoms with Crippen LogP contribution in [0.15, 0.2) is 64.1 Å². The van der Waals surface area contributed by atoms with E-state index >= 15 is 0 Å². The summed E-state index contributed by atoms with van der Waals surface area (Å²) >= 11 is 3.46. The van der Waals surface area contributed by atoms with Gasteiger partial charge in [-0.1, -0.05) is 40.2 Å². The number of carbonyl (C=O) groups excluding carboxylic acids is 1. The molecule has 0 spiro atoms. The largest absolute Gasteiger partial charge is 0.379 e. The lowest BCUT2D eigenvalue weighted by atomic mass is 10.2. The van der Waals surface area contributed by atoms with Gasteiger partial charge in [0.05, 0.1) is 19.8 Å². The van der Waals surface area contributed by atoms with Crippen molar-refractivity contribution in [3.63, 3.8) is 0 Å². The molecule has 0 saturated carbocycles. The molecule has 2 aromatic carbocycles. The molecule has 2 N–H and O–H groups in total. The number of benzene rings is 2. The van der Waals surface area contributed by atoms with E-state index in [0.717, 1.165) is 43.0 Å². The minimum atomic E-state index is -0.191. The van der Waals surface area contributed by atoms with Crippen LogP contribution in [0.25, 0.3) is 0 Å². The molecule has 7 heteroatoms. The molecule has 2 aromatic rings. The fourth-order valence-electron chi connectivity index (χ4n) is 2.71. The highest BCUT2D eigenvalue weighted by Crippen LogP contribution is 2.15. The first kappa shape index (κ1) is 19.5. The first-order valence-corrected chi connectivity index (χ1v) is 9.73. The van der Waals surface area contributed by atoms with Crippen molar-refractivity contribution >= 4 is 33.5 Å². The summed E-state index contributed by atoms with van der Waals surface area (Å²) < 4.78 is 6.32. The molecule has 0 atom stereocenters. The Balaban J connectivity index is 1.67. The average Bonchev–Trinajstić information content (AvgIpc) is 2.69. The highest BCUT2D eigenvalue weighted by molar-refractivity contribution is 9.10. The van der Waals surface area contributed by atoms with E-state index in [0.29, 0.717) is 18.1 Å². The Bertz CT molecular complexity index is 777. The van der Waals surface area contributed by atoms with Gasteiger partial charge in [0.15, 0.2) is 0 Å². The van der Waals surface area contributed by atoms with Crippen LogP contribution in [0.1, 0.15) is 10.4 Å². The molecule has 1 saturated heterocycles. The van der Waals surface area contributed by atoms with E-state index in [2.05, 4.69) is 36.5 Å². The van der Waals surface area contributed by atoms with Crippen LogP contribution in [-0.2, 0) is 4.74 Å². The summed E-state index contributed by atoms with van der Waals surface area (Å²) in [5.41, 5.74) is 1.44. The molecule has 142 valence electrons. The molecule has 1 heterocycles. The maximum Gasteiger partial charge on any atom is 0.257 e. The van der Waals surface area contributed by atoms with E-state index in [9.17, 15) is 4.79 Å². The van der Waals surface area contributed by atoms with Crippen molar-refractivity contribution < 1.29 is 9.53 Å². The Labute approximate surface area is 167 Å². The lowest BCUT2D eigenvalue weighted by Gasteiger charge is -2.25. The Morgan fingerprint density at radius 2 is 1.89 bits per heavy atom. The summed E-state index contributed by atoms with van der Waals surface area (Å²) in [7, 11) is 0. The second-order valence-corrected chi connectivity index (χ2v) is 7.06. The number of halogens is 1. The fourth-order valence-corrected chi connectivity index (χ4v) is 3.11. The van der Waals surface area contributed by atoms with Crippen LogP contribution in [-0.4, -0.2) is 56.2 Å². The molecule has 1 aliphatic heterocycles. The number of nitrogens with zero attached hydrogens (tertiary/aromatic N) is 2. The van der Waals surface area contributed by atoms with Crippen molar-refractivity contribution in [2.75, 3.05) is 44.7 Å². The Morgan fingerprint density at radius 1 is 1.11 bits per heavy atom. The monoisotopic (exact) mass is 430 g/mol. The molecule has 1 aliphatic rings. The van der Waals surface area contributed by atoms with Crippen molar-refractivity contribution in [1.29, 1.82) is 0 Å². The van der Waals surface area contributed by atoms with Gasteiger partial charge in [-0.2, -0.15) is 0 Å². The maximum absolute atomic E-state index is 12.5. The van der Waals surface area contributed by atoms with E-state index in [1.165, 1.54) is 0 Å². The number of hydrogen-bond acceptors (Lipinski definition) is 4. The van der Waals surface area contributed by atoms with Crippen molar-refractivity contribution in [3.05, 3.63) is 64.6 Å². The zero-order chi connectivity index (χ0) is 18.9. The molecular formula is C20H23BrN4O2. The van der Waals surface area contributed by atoms with E-state index in [1.807, 2.05) is 42.5 Å². The van der Waals surface area contributed by atoms with Crippen molar-refractivity contribution in [1.82, 2.24) is 10.2 Å². The molecule has 0 aromatic heterocycles. The van der Waals surface area contributed by atoms with E-state index in [1.54, 1.807) is 12.1 Å². The lowest BCUT2D eigenvalue weighted by Crippen LogP contribution is -2.39. The van der Waals surface area contributed by atoms with Crippen LogP contribution >= 0.6 is 15.9 Å². The molecule has 0 unspecified atom stereocenters. The molecule has 27 heavy (non-hydrogen) atoms. The molecule has 0 radical (unpaired) electrons. The molecule has 1 amide bonds. The second kappa shape index (κ2) is 10.2. The number of hydrogen-bond donors (Lipinski definition) is 2. The van der Waals surface area contributed by atoms with Gasteiger partial charge in [-0.05, 0) is 30.3 Å². The van der Waals surface area contributed by atoms with Crippen LogP contribution in [0.4, 0.5) is 5.69 Å². The van der Waals surface area contributed by atoms with Gasteiger partial charge in [0.1, 0.15) is 0 Å². The standard InChI is InChI=1S/C20H23BrN4O2/c21-17-7-4-8-18(15-17)23-20(22-9-10-25-11-13-27-14-12-25)24-19(26)16-5-2-1-3-6-16/h1-8,15H,9-14H2,(H2,22,23,24,26). The highest BCUT2D eigenvalue weighted by Gasteiger charge is 2.11. The number of rotatable bonds is 5. The Kier molecular flexibility index (Phi) is 7.38. The Morgan fingerprint density at radius 3 is 2.63 bits per heavy atom. The number of nitrogens with one attached hydrogen (secondary N) is 2. The number of aliphatic imine (C=N–C) groups is 1. The molecule has 6 nitrogen and oxygen atoms in total. The van der Waals surface area contributed by atoms with Gasteiger partial charge in [-0.3, -0.25) is 20.0 Å². The summed E-state index contributed by atoms with van der Waals surface area (Å²) in [6.07, 6.45) is 0. The maximum atomic E-state index is 12.5. The first-order valence-electron chi connectivity index (χ1n) is 8.94. The SMILES string of the molecule is O=C(NC(=NCCN1CCOCC1)Nc1cccc(Br)c1)c1ccccc1. The zero-order valence-corrected chi connectivity index (χ0v) is 16.6. The fraction of sp³-hybridized carbons (Fsp3) is 0.300. The predicted octanol–water partition coefficient (Wildman–Crippen LogP) is 2.98. The Hall–Kier alpha value is -2.22. The third kappa shape index (κ3) is 6.46. The minimum Gasteiger partial charge on any atom is -0.379 e. The van der Waals surface area contributed by atoms with Gasteiger partial charge >= 0.3 is 0 Å². The molecular weight excluding hydrogens is 408 g/mol. The van der Waals surface area contributed by atoms with E-state index < -0.39 is 0 Å². The van der Waals surface area contributed by atoms with Gasteiger partial charge < -0.3 is 10.1 Å². The minimum absolute atomic E-state index is 0.191. The second-order valence-electron chi connectivity index (χ2n) is 6.14. The number of morpholine rings is 1. The molecule has 0 aliphatic carbocycles. The molecule has 0 bridgehead atoms. The zero-order valence-electron chi connectivity index (χ0n) is 15.0. The summed E-state index contributed by atoms with van der Waals surface area (Å²) in [4.78, 5) is 19.4. The van der Waals surface area contributed by atoms with Crippen LogP contribution in [0, 0.1) is 0 Å². The number of ether oxygens (including phenoxy) is 1. The predicted molar refractivity (Wildman–Crippen MR) is 111 cm³/mol. The number of anilines is 1. The van der Waals surface area contributed by atoms with Crippen LogP contribution in [0.2, 0.25) is 0 Å². The smallest absolute Gasteiger partial charge is 0.257 e. The third-order valence-electron chi connectivity index (χ3n) is 4.15.